The van der Waals surface area contributed by atoms with Crippen molar-refractivity contribution in [2.75, 3.05) is 20.0 Å². The van der Waals surface area contributed by atoms with Gasteiger partial charge in [0.1, 0.15) is 22.2 Å². The Kier molecular flexibility index (Phi) is 4.09. The van der Waals surface area contributed by atoms with Gasteiger partial charge in [0.2, 0.25) is 0 Å². The Morgan fingerprint density at radius 2 is 1.87 bits per heavy atom. The topological polar surface area (TPSA) is 70.3 Å². The maximum atomic E-state index is 6.24. The van der Waals surface area contributed by atoms with Gasteiger partial charge in [-0.25, -0.2) is 9.97 Å². The second-order valence-corrected chi connectivity index (χ2v) is 6.41. The minimum atomic E-state index is 0.387. The van der Waals surface area contributed by atoms with Crippen LogP contribution < -0.4 is 15.2 Å². The molecular formula is C17H19N3O2S. The van der Waals surface area contributed by atoms with Gasteiger partial charge in [-0.1, -0.05) is 13.8 Å². The zero-order chi connectivity index (χ0) is 16.6. The van der Waals surface area contributed by atoms with Crippen LogP contribution in [0, 0.1) is 0 Å². The lowest BCUT2D eigenvalue weighted by Crippen LogP contribution is -1.97. The molecule has 1 aromatic carbocycles. The van der Waals surface area contributed by atoms with Crippen LogP contribution >= 0.6 is 11.3 Å². The van der Waals surface area contributed by atoms with Gasteiger partial charge in [0, 0.05) is 23.2 Å². The Morgan fingerprint density at radius 3 is 2.48 bits per heavy atom. The third kappa shape index (κ3) is 2.82. The van der Waals surface area contributed by atoms with E-state index in [-0.39, 0.29) is 0 Å². The highest BCUT2D eigenvalue weighted by Crippen LogP contribution is 2.37. The number of nitrogen functional groups attached to an aromatic ring is 1. The highest BCUT2D eigenvalue weighted by molar-refractivity contribution is 7.13. The molecule has 120 valence electrons. The van der Waals surface area contributed by atoms with Crippen LogP contribution in [0.1, 0.15) is 25.5 Å². The van der Waals surface area contributed by atoms with E-state index in [1.807, 2.05) is 12.1 Å². The van der Waals surface area contributed by atoms with Crippen LogP contribution in [-0.2, 0) is 0 Å². The zero-order valence-electron chi connectivity index (χ0n) is 13.6. The number of nitrogens with zero attached hydrogens (tertiary/aromatic N) is 2. The fraction of sp³-hybridized carbons (Fsp3) is 0.294. The number of nitrogens with two attached hydrogens (primary N) is 1. The van der Waals surface area contributed by atoms with Crippen molar-refractivity contribution in [1.82, 2.24) is 9.97 Å². The van der Waals surface area contributed by atoms with Crippen LogP contribution in [0.4, 0.5) is 5.69 Å². The number of anilines is 1. The van der Waals surface area contributed by atoms with Gasteiger partial charge in [-0.15, -0.1) is 11.3 Å². The summed E-state index contributed by atoms with van der Waals surface area (Å²) in [7, 11) is 3.22. The van der Waals surface area contributed by atoms with E-state index in [0.29, 0.717) is 23.1 Å². The fourth-order valence-electron chi connectivity index (χ4n) is 2.39. The molecule has 3 aromatic rings. The molecule has 0 aliphatic carbocycles. The first-order valence-corrected chi connectivity index (χ1v) is 8.19. The third-order valence-electron chi connectivity index (χ3n) is 3.66. The Morgan fingerprint density at radius 1 is 1.09 bits per heavy atom. The number of thiazole rings is 1. The lowest BCUT2D eigenvalue weighted by atomic mass is 10.1. The molecule has 2 aromatic heterocycles. The highest BCUT2D eigenvalue weighted by Gasteiger charge is 2.15. The summed E-state index contributed by atoms with van der Waals surface area (Å²) in [6.45, 7) is 4.24. The number of aromatic nitrogens is 2. The molecular weight excluding hydrogens is 310 g/mol. The predicted octanol–water partition coefficient (Wildman–Crippen LogP) is 4.08. The molecule has 0 aliphatic heterocycles. The fourth-order valence-corrected chi connectivity index (χ4v) is 3.33. The van der Waals surface area contributed by atoms with E-state index >= 15 is 0 Å². The Balaban J connectivity index is 2.19. The molecule has 0 fully saturated rings. The first kappa shape index (κ1) is 15.6. The van der Waals surface area contributed by atoms with Gasteiger partial charge >= 0.3 is 0 Å². The molecule has 2 N–H and O–H groups in total. The quantitative estimate of drug-likeness (QED) is 0.781. The molecule has 0 saturated carbocycles. The molecule has 5 nitrogen and oxygen atoms in total. The van der Waals surface area contributed by atoms with Crippen molar-refractivity contribution < 1.29 is 9.47 Å². The maximum Gasteiger partial charge on any atom is 0.142 e. The summed E-state index contributed by atoms with van der Waals surface area (Å²) >= 11 is 1.58. The SMILES string of the molecule is COc1cc(OC)c2c(N)cc(-c3nc(C(C)C)cs3)nc2c1. The Labute approximate surface area is 139 Å². The summed E-state index contributed by atoms with van der Waals surface area (Å²) in [6, 6.07) is 5.51. The largest absolute Gasteiger partial charge is 0.497 e. The van der Waals surface area contributed by atoms with Crippen molar-refractivity contribution >= 4 is 27.9 Å². The van der Waals surface area contributed by atoms with Crippen LogP contribution in [0.15, 0.2) is 23.6 Å². The van der Waals surface area contributed by atoms with Crippen LogP contribution in [-0.4, -0.2) is 24.2 Å². The first-order chi connectivity index (χ1) is 11.0. The van der Waals surface area contributed by atoms with Crippen LogP contribution in [0.2, 0.25) is 0 Å². The minimum absolute atomic E-state index is 0.387. The molecule has 0 unspecified atom stereocenters. The molecule has 0 bridgehead atoms. The first-order valence-electron chi connectivity index (χ1n) is 7.31. The summed E-state index contributed by atoms with van der Waals surface area (Å²) in [4.78, 5) is 9.36. The molecule has 3 rings (SSSR count). The van der Waals surface area contributed by atoms with Crippen molar-refractivity contribution in [3.63, 3.8) is 0 Å². The van der Waals surface area contributed by atoms with Crippen molar-refractivity contribution in [3.05, 3.63) is 29.3 Å². The molecule has 0 saturated heterocycles. The minimum Gasteiger partial charge on any atom is -0.497 e. The van der Waals surface area contributed by atoms with Gasteiger partial charge in [-0.05, 0) is 12.0 Å². The lowest BCUT2D eigenvalue weighted by Gasteiger charge is -2.11. The van der Waals surface area contributed by atoms with Crippen molar-refractivity contribution in [1.29, 1.82) is 0 Å². The summed E-state index contributed by atoms with van der Waals surface area (Å²) in [5.74, 6) is 1.72. The van der Waals surface area contributed by atoms with Crippen LogP contribution in [0.3, 0.4) is 0 Å². The second kappa shape index (κ2) is 6.04. The van der Waals surface area contributed by atoms with Gasteiger partial charge in [0.15, 0.2) is 0 Å². The van der Waals surface area contributed by atoms with Crippen LogP contribution in [0.25, 0.3) is 21.6 Å². The molecule has 0 aliphatic rings. The van der Waals surface area contributed by atoms with E-state index < -0.39 is 0 Å². The Bertz CT molecular complexity index is 858. The van der Waals surface area contributed by atoms with Gasteiger partial charge < -0.3 is 15.2 Å². The molecule has 0 atom stereocenters. The van der Waals surface area contributed by atoms with E-state index in [1.54, 1.807) is 31.6 Å². The third-order valence-corrected chi connectivity index (χ3v) is 4.55. The van der Waals surface area contributed by atoms with Crippen LogP contribution in [0.5, 0.6) is 11.5 Å². The molecule has 0 radical (unpaired) electrons. The molecule has 23 heavy (non-hydrogen) atoms. The Hall–Kier alpha value is -2.34. The number of hydrogen-bond acceptors (Lipinski definition) is 6. The van der Waals surface area contributed by atoms with Crippen molar-refractivity contribution in [2.24, 2.45) is 0 Å². The average Bonchev–Trinajstić information content (AvgIpc) is 3.03. The van der Waals surface area contributed by atoms with E-state index in [9.17, 15) is 0 Å². The average molecular weight is 329 g/mol. The summed E-state index contributed by atoms with van der Waals surface area (Å²) < 4.78 is 10.7. The van der Waals surface area contributed by atoms with E-state index in [0.717, 1.165) is 27.3 Å². The lowest BCUT2D eigenvalue weighted by molar-refractivity contribution is 0.398. The predicted molar refractivity (Wildman–Crippen MR) is 94.5 cm³/mol. The standard InChI is InChI=1S/C17H19N3O2S/c1-9(2)14-8-23-17(20-14)13-7-11(18)16-12(19-13)5-10(21-3)6-15(16)22-4/h5-9H,1-4H3,(H2,18,19). The smallest absolute Gasteiger partial charge is 0.142 e. The number of hydrogen-bond donors (Lipinski definition) is 1. The van der Waals surface area contributed by atoms with Gasteiger partial charge in [0.25, 0.3) is 0 Å². The molecule has 2 heterocycles. The zero-order valence-corrected chi connectivity index (χ0v) is 14.4. The van der Waals surface area contributed by atoms with Crippen molar-refractivity contribution in [3.8, 4) is 22.2 Å². The van der Waals surface area contributed by atoms with E-state index in [2.05, 4.69) is 24.2 Å². The van der Waals surface area contributed by atoms with Gasteiger partial charge in [-0.3, -0.25) is 0 Å². The van der Waals surface area contributed by atoms with Crippen molar-refractivity contribution in [2.45, 2.75) is 19.8 Å². The summed E-state index contributed by atoms with van der Waals surface area (Å²) in [5.41, 5.74) is 9.42. The maximum absolute atomic E-state index is 6.24. The number of ether oxygens (including phenoxy) is 2. The molecule has 6 heteroatoms. The second-order valence-electron chi connectivity index (χ2n) is 5.55. The van der Waals surface area contributed by atoms with E-state index in [4.69, 9.17) is 20.2 Å². The number of benzene rings is 1. The molecule has 0 amide bonds. The summed E-state index contributed by atoms with van der Waals surface area (Å²) in [6.07, 6.45) is 0. The number of pyridine rings is 1. The number of methoxy groups -OCH3 is 2. The molecule has 0 spiro atoms. The monoisotopic (exact) mass is 329 g/mol. The number of fused-ring (bicyclic) bond motifs is 1. The van der Waals surface area contributed by atoms with Gasteiger partial charge in [0.05, 0.1) is 30.8 Å². The highest BCUT2D eigenvalue weighted by atomic mass is 32.1. The summed E-state index contributed by atoms with van der Waals surface area (Å²) in [5, 5.41) is 3.72. The van der Waals surface area contributed by atoms with Gasteiger partial charge in [-0.2, -0.15) is 0 Å². The number of rotatable bonds is 4. The normalized spacial score (nSPS) is 11.2. The van der Waals surface area contributed by atoms with E-state index in [1.165, 1.54) is 0 Å².